The van der Waals surface area contributed by atoms with Crippen molar-refractivity contribution in [3.63, 3.8) is 0 Å². The zero-order chi connectivity index (χ0) is 20.3. The molecule has 152 valence electrons. The van der Waals surface area contributed by atoms with Gasteiger partial charge in [-0.3, -0.25) is 4.90 Å². The molecule has 0 aliphatic carbocycles. The fourth-order valence-electron chi connectivity index (χ4n) is 3.93. The first-order valence-corrected chi connectivity index (χ1v) is 11.0. The second-order valence-electron chi connectivity index (χ2n) is 7.46. The zero-order valence-electron chi connectivity index (χ0n) is 16.5. The van der Waals surface area contributed by atoms with E-state index in [1.807, 2.05) is 59.5 Å². The molecule has 4 aromatic rings. The Morgan fingerprint density at radius 2 is 1.90 bits per heavy atom. The number of fused-ring (bicyclic) bond motifs is 1. The summed E-state index contributed by atoms with van der Waals surface area (Å²) in [6.07, 6.45) is 0. The Morgan fingerprint density at radius 3 is 2.70 bits per heavy atom. The van der Waals surface area contributed by atoms with Crippen LogP contribution < -0.4 is 5.32 Å². The lowest BCUT2D eigenvalue weighted by Crippen LogP contribution is -2.51. The van der Waals surface area contributed by atoms with Crippen molar-refractivity contribution in [2.24, 2.45) is 0 Å². The Hall–Kier alpha value is -3.16. The fourth-order valence-corrected chi connectivity index (χ4v) is 4.68. The minimum Gasteiger partial charge on any atom is -0.340 e. The first kappa shape index (κ1) is 18.8. The van der Waals surface area contributed by atoms with Crippen molar-refractivity contribution < 1.29 is 4.79 Å². The second kappa shape index (κ2) is 8.30. The number of amides is 2. The molecule has 1 atom stereocenters. The van der Waals surface area contributed by atoms with Crippen LogP contribution in [-0.2, 0) is 6.54 Å². The molecule has 3 heterocycles. The molecule has 2 N–H and O–H groups in total. The van der Waals surface area contributed by atoms with Crippen LogP contribution in [0.5, 0.6) is 0 Å². The molecule has 0 bridgehead atoms. The van der Waals surface area contributed by atoms with E-state index < -0.39 is 0 Å². The number of para-hydroxylation sites is 3. The summed E-state index contributed by atoms with van der Waals surface area (Å²) in [6, 6.07) is 21.6. The molecule has 0 radical (unpaired) electrons. The minimum atomic E-state index is -0.144. The number of rotatable bonds is 4. The summed E-state index contributed by atoms with van der Waals surface area (Å²) in [5.74, 6) is 0.829. The molecule has 5 rings (SSSR count). The van der Waals surface area contributed by atoms with Crippen LogP contribution >= 0.6 is 11.3 Å². The van der Waals surface area contributed by atoms with E-state index in [-0.39, 0.29) is 12.1 Å². The highest BCUT2D eigenvalue weighted by molar-refractivity contribution is 7.09. The van der Waals surface area contributed by atoms with Crippen LogP contribution in [0.15, 0.2) is 72.1 Å². The molecule has 6 nitrogen and oxygen atoms in total. The van der Waals surface area contributed by atoms with Crippen molar-refractivity contribution >= 4 is 34.1 Å². The number of nitrogens with one attached hydrogen (secondary N) is 2. The maximum absolute atomic E-state index is 13.1. The van der Waals surface area contributed by atoms with E-state index in [1.165, 1.54) is 4.88 Å². The lowest BCUT2D eigenvalue weighted by molar-refractivity contribution is 0.0930. The molecule has 0 spiro atoms. The van der Waals surface area contributed by atoms with Crippen molar-refractivity contribution in [1.29, 1.82) is 0 Å². The van der Waals surface area contributed by atoms with Gasteiger partial charge in [0.2, 0.25) is 0 Å². The zero-order valence-corrected chi connectivity index (χ0v) is 17.3. The number of hydrogen-bond donors (Lipinski definition) is 2. The lowest BCUT2D eigenvalue weighted by atomic mass is 10.1. The first-order valence-electron chi connectivity index (χ1n) is 10.1. The van der Waals surface area contributed by atoms with Gasteiger partial charge in [0.25, 0.3) is 0 Å². The summed E-state index contributed by atoms with van der Waals surface area (Å²) in [4.78, 5) is 27.0. The van der Waals surface area contributed by atoms with Crippen LogP contribution in [0.25, 0.3) is 11.0 Å². The summed E-state index contributed by atoms with van der Waals surface area (Å²) in [5.41, 5.74) is 2.71. The fraction of sp³-hybridized carbons (Fsp3) is 0.217. The average Bonchev–Trinajstić information content (AvgIpc) is 3.44. The van der Waals surface area contributed by atoms with Gasteiger partial charge in [-0.1, -0.05) is 36.4 Å². The molecule has 1 fully saturated rings. The van der Waals surface area contributed by atoms with Crippen molar-refractivity contribution in [1.82, 2.24) is 19.8 Å². The van der Waals surface area contributed by atoms with Gasteiger partial charge in [-0.25, -0.2) is 9.78 Å². The predicted octanol–water partition coefficient (Wildman–Crippen LogP) is 4.72. The number of carbonyl (C=O) groups is 1. The van der Waals surface area contributed by atoms with Gasteiger partial charge in [0, 0.05) is 36.7 Å². The monoisotopic (exact) mass is 417 g/mol. The number of aromatic nitrogens is 2. The maximum Gasteiger partial charge on any atom is 0.322 e. The van der Waals surface area contributed by atoms with E-state index in [0.29, 0.717) is 6.54 Å². The standard InChI is InChI=1S/C23H23N5OS/c29-23(24-17-7-2-1-3-8-17)28-13-12-27(15-18-9-6-14-30-18)16-21(28)22-25-19-10-4-5-11-20(19)26-22/h1-11,14,21H,12-13,15-16H2,(H,24,29)(H,25,26). The molecule has 30 heavy (non-hydrogen) atoms. The van der Waals surface area contributed by atoms with Crippen LogP contribution in [0.4, 0.5) is 10.5 Å². The van der Waals surface area contributed by atoms with E-state index in [0.717, 1.165) is 42.2 Å². The maximum atomic E-state index is 13.1. The molecule has 1 aliphatic rings. The van der Waals surface area contributed by atoms with Gasteiger partial charge in [-0.2, -0.15) is 0 Å². The van der Waals surface area contributed by atoms with Crippen LogP contribution in [-0.4, -0.2) is 45.4 Å². The third-order valence-electron chi connectivity index (χ3n) is 5.43. The summed E-state index contributed by atoms with van der Waals surface area (Å²) >= 11 is 1.77. The molecule has 2 aromatic carbocycles. The van der Waals surface area contributed by atoms with Crippen LogP contribution in [0.3, 0.4) is 0 Å². The number of benzene rings is 2. The topological polar surface area (TPSA) is 64.3 Å². The summed E-state index contributed by atoms with van der Waals surface area (Å²) in [6.45, 7) is 3.10. The van der Waals surface area contributed by atoms with E-state index in [2.05, 4.69) is 32.7 Å². The molecular weight excluding hydrogens is 394 g/mol. The summed E-state index contributed by atoms with van der Waals surface area (Å²) in [7, 11) is 0. The molecular formula is C23H23N5OS. The number of piperazine rings is 1. The van der Waals surface area contributed by atoms with Crippen LogP contribution in [0.1, 0.15) is 16.7 Å². The lowest BCUT2D eigenvalue weighted by Gasteiger charge is -2.40. The minimum absolute atomic E-state index is 0.0950. The normalized spacial score (nSPS) is 17.3. The molecule has 1 aliphatic heterocycles. The Morgan fingerprint density at radius 1 is 1.07 bits per heavy atom. The van der Waals surface area contributed by atoms with Gasteiger partial charge in [-0.15, -0.1) is 11.3 Å². The Bertz CT molecular complexity index is 1090. The first-order chi connectivity index (χ1) is 14.8. The number of urea groups is 1. The van der Waals surface area contributed by atoms with Crippen LogP contribution in [0, 0.1) is 0 Å². The molecule has 1 unspecified atom stereocenters. The Labute approximate surface area is 179 Å². The largest absolute Gasteiger partial charge is 0.340 e. The van der Waals surface area contributed by atoms with E-state index in [9.17, 15) is 4.79 Å². The third kappa shape index (κ3) is 3.94. The number of carbonyl (C=O) groups excluding carboxylic acids is 1. The highest BCUT2D eigenvalue weighted by Gasteiger charge is 2.33. The Balaban J connectivity index is 1.41. The van der Waals surface area contributed by atoms with Gasteiger partial charge in [0.1, 0.15) is 11.9 Å². The van der Waals surface area contributed by atoms with Gasteiger partial charge in [0.15, 0.2) is 0 Å². The number of nitrogens with zero attached hydrogens (tertiary/aromatic N) is 3. The van der Waals surface area contributed by atoms with Gasteiger partial charge in [-0.05, 0) is 35.7 Å². The summed E-state index contributed by atoms with van der Waals surface area (Å²) in [5, 5.41) is 5.14. The number of thiophene rings is 1. The highest BCUT2D eigenvalue weighted by Crippen LogP contribution is 2.28. The number of H-pyrrole nitrogens is 1. The van der Waals surface area contributed by atoms with Crippen molar-refractivity contribution in [2.75, 3.05) is 25.0 Å². The van der Waals surface area contributed by atoms with E-state index >= 15 is 0 Å². The van der Waals surface area contributed by atoms with Crippen molar-refractivity contribution in [3.05, 3.63) is 82.8 Å². The van der Waals surface area contributed by atoms with Crippen LogP contribution in [0.2, 0.25) is 0 Å². The molecule has 1 saturated heterocycles. The molecule has 2 aromatic heterocycles. The average molecular weight is 418 g/mol. The third-order valence-corrected chi connectivity index (χ3v) is 6.29. The van der Waals surface area contributed by atoms with E-state index in [4.69, 9.17) is 4.98 Å². The molecule has 0 saturated carbocycles. The predicted molar refractivity (Wildman–Crippen MR) is 121 cm³/mol. The molecule has 7 heteroatoms. The van der Waals surface area contributed by atoms with Gasteiger partial charge < -0.3 is 15.2 Å². The number of imidazole rings is 1. The highest BCUT2D eigenvalue weighted by atomic mass is 32.1. The smallest absolute Gasteiger partial charge is 0.322 e. The van der Waals surface area contributed by atoms with Gasteiger partial charge >= 0.3 is 6.03 Å². The van der Waals surface area contributed by atoms with Crippen molar-refractivity contribution in [2.45, 2.75) is 12.6 Å². The quantitative estimate of drug-likeness (QED) is 0.505. The van der Waals surface area contributed by atoms with E-state index in [1.54, 1.807) is 11.3 Å². The number of aromatic amines is 1. The number of anilines is 1. The molecule has 2 amide bonds. The Kier molecular flexibility index (Phi) is 5.21. The summed E-state index contributed by atoms with van der Waals surface area (Å²) < 4.78 is 0. The van der Waals surface area contributed by atoms with Gasteiger partial charge in [0.05, 0.1) is 11.0 Å². The SMILES string of the molecule is O=C(Nc1ccccc1)N1CCN(Cc2cccs2)CC1c1nc2ccccc2[nH]1. The van der Waals surface area contributed by atoms with Crippen molar-refractivity contribution in [3.8, 4) is 0 Å². The second-order valence-corrected chi connectivity index (χ2v) is 8.49. The number of hydrogen-bond acceptors (Lipinski definition) is 4.